The number of halogens is 1. The van der Waals surface area contributed by atoms with Crippen molar-refractivity contribution in [3.05, 3.63) is 28.8 Å². The molecular formula is C13H20ClN3O2. The molecule has 4 N–H and O–H groups in total. The molecule has 106 valence electrons. The van der Waals surface area contributed by atoms with Crippen LogP contribution in [0.3, 0.4) is 0 Å². The molecule has 6 heteroatoms. The Labute approximate surface area is 118 Å². The smallest absolute Gasteiger partial charge is 0.173 e. The first-order valence-corrected chi connectivity index (χ1v) is 6.54. The zero-order valence-corrected chi connectivity index (χ0v) is 11.9. The molecule has 5 nitrogen and oxygen atoms in total. The topological polar surface area (TPSA) is 82.1 Å². The standard InChI is InChI=1S/C13H20ClN3O2/c1-9(2)17(7-4-8-18)11-6-3-5-10(14)12(11)13(15)16-19/h3,5-6,9,18-19H,4,7-8H2,1-2H3,(H2,15,16). The van der Waals surface area contributed by atoms with Gasteiger partial charge in [0.2, 0.25) is 0 Å². The average molecular weight is 286 g/mol. The van der Waals surface area contributed by atoms with Gasteiger partial charge >= 0.3 is 0 Å². The molecule has 0 bridgehead atoms. The predicted octanol–water partition coefficient (Wildman–Crippen LogP) is 2.03. The number of anilines is 1. The van der Waals surface area contributed by atoms with Gasteiger partial charge < -0.3 is 20.9 Å². The molecule has 0 atom stereocenters. The Morgan fingerprint density at radius 1 is 1.47 bits per heavy atom. The number of aliphatic hydroxyl groups excluding tert-OH is 1. The van der Waals surface area contributed by atoms with Gasteiger partial charge in [0.05, 0.1) is 10.6 Å². The van der Waals surface area contributed by atoms with Crippen molar-refractivity contribution in [3.63, 3.8) is 0 Å². The van der Waals surface area contributed by atoms with Crippen LogP contribution in [-0.4, -0.2) is 35.3 Å². The van der Waals surface area contributed by atoms with Crippen LogP contribution in [-0.2, 0) is 0 Å². The van der Waals surface area contributed by atoms with E-state index in [9.17, 15) is 0 Å². The summed E-state index contributed by atoms with van der Waals surface area (Å²) in [6.07, 6.45) is 0.639. The first-order valence-electron chi connectivity index (χ1n) is 6.16. The molecule has 0 saturated heterocycles. The van der Waals surface area contributed by atoms with E-state index in [2.05, 4.69) is 10.1 Å². The van der Waals surface area contributed by atoms with Crippen molar-refractivity contribution in [2.75, 3.05) is 18.1 Å². The summed E-state index contributed by atoms with van der Waals surface area (Å²) in [5.74, 6) is -0.0183. The Hall–Kier alpha value is -1.46. The maximum absolute atomic E-state index is 8.98. The molecule has 0 aliphatic heterocycles. The van der Waals surface area contributed by atoms with Crippen molar-refractivity contribution in [2.45, 2.75) is 26.3 Å². The van der Waals surface area contributed by atoms with Crippen molar-refractivity contribution in [3.8, 4) is 0 Å². The van der Waals surface area contributed by atoms with Gasteiger partial charge in [-0.05, 0) is 32.4 Å². The summed E-state index contributed by atoms with van der Waals surface area (Å²) in [6.45, 7) is 4.85. The molecule has 0 spiro atoms. The van der Waals surface area contributed by atoms with Gasteiger partial charge in [-0.15, -0.1) is 0 Å². The highest BCUT2D eigenvalue weighted by Gasteiger charge is 2.18. The molecular weight excluding hydrogens is 266 g/mol. The van der Waals surface area contributed by atoms with E-state index in [-0.39, 0.29) is 18.5 Å². The largest absolute Gasteiger partial charge is 0.409 e. The third-order valence-corrected chi connectivity index (χ3v) is 3.16. The molecule has 1 rings (SSSR count). The molecule has 0 unspecified atom stereocenters. The second kappa shape index (κ2) is 7.21. The van der Waals surface area contributed by atoms with Crippen LogP contribution in [0.25, 0.3) is 0 Å². The van der Waals surface area contributed by atoms with Gasteiger partial charge in [-0.3, -0.25) is 0 Å². The average Bonchev–Trinajstić information content (AvgIpc) is 2.38. The van der Waals surface area contributed by atoms with Crippen molar-refractivity contribution in [1.29, 1.82) is 0 Å². The Bertz CT molecular complexity index is 450. The van der Waals surface area contributed by atoms with Gasteiger partial charge in [-0.1, -0.05) is 22.8 Å². The molecule has 0 fully saturated rings. The van der Waals surface area contributed by atoms with Gasteiger partial charge in [0.15, 0.2) is 5.84 Å². The van der Waals surface area contributed by atoms with E-state index in [0.29, 0.717) is 23.6 Å². The normalized spacial score (nSPS) is 11.9. The number of hydrogen-bond acceptors (Lipinski definition) is 4. The van der Waals surface area contributed by atoms with E-state index in [1.165, 1.54) is 0 Å². The minimum Gasteiger partial charge on any atom is -0.409 e. The lowest BCUT2D eigenvalue weighted by atomic mass is 10.1. The fraction of sp³-hybridized carbons (Fsp3) is 0.462. The summed E-state index contributed by atoms with van der Waals surface area (Å²) in [6, 6.07) is 5.59. The second-order valence-corrected chi connectivity index (χ2v) is 4.89. The molecule has 19 heavy (non-hydrogen) atoms. The summed E-state index contributed by atoms with van der Waals surface area (Å²) >= 11 is 6.14. The van der Waals surface area contributed by atoms with Crippen molar-refractivity contribution in [2.24, 2.45) is 10.9 Å². The zero-order chi connectivity index (χ0) is 14.4. The molecule has 0 aliphatic rings. The number of nitrogens with zero attached hydrogens (tertiary/aromatic N) is 2. The van der Waals surface area contributed by atoms with E-state index < -0.39 is 0 Å². The minimum absolute atomic E-state index is 0.0183. The molecule has 1 aromatic rings. The number of oxime groups is 1. The lowest BCUT2D eigenvalue weighted by Crippen LogP contribution is -2.34. The van der Waals surface area contributed by atoms with Crippen LogP contribution in [0.1, 0.15) is 25.8 Å². The fourth-order valence-electron chi connectivity index (χ4n) is 1.95. The highest BCUT2D eigenvalue weighted by atomic mass is 35.5. The van der Waals surface area contributed by atoms with Gasteiger partial charge in [0, 0.05) is 24.9 Å². The first-order chi connectivity index (χ1) is 9.02. The second-order valence-electron chi connectivity index (χ2n) is 4.48. The predicted molar refractivity (Wildman–Crippen MR) is 78.1 cm³/mol. The van der Waals surface area contributed by atoms with Gasteiger partial charge in [0.25, 0.3) is 0 Å². The van der Waals surface area contributed by atoms with Crippen LogP contribution >= 0.6 is 11.6 Å². The molecule has 0 amide bonds. The van der Waals surface area contributed by atoms with Crippen LogP contribution in [0, 0.1) is 0 Å². The molecule has 0 aromatic heterocycles. The van der Waals surface area contributed by atoms with Crippen LogP contribution in [0.15, 0.2) is 23.4 Å². The monoisotopic (exact) mass is 285 g/mol. The molecule has 0 heterocycles. The zero-order valence-electron chi connectivity index (χ0n) is 11.2. The quantitative estimate of drug-likeness (QED) is 0.323. The maximum Gasteiger partial charge on any atom is 0.173 e. The van der Waals surface area contributed by atoms with Gasteiger partial charge in [-0.2, -0.15) is 0 Å². The maximum atomic E-state index is 8.98. The Balaban J connectivity index is 3.26. The molecule has 1 aromatic carbocycles. The SMILES string of the molecule is CC(C)N(CCCO)c1cccc(Cl)c1C(N)=NO. The van der Waals surface area contributed by atoms with Crippen molar-refractivity contribution in [1.82, 2.24) is 0 Å². The first kappa shape index (κ1) is 15.6. The number of benzene rings is 1. The van der Waals surface area contributed by atoms with Crippen molar-refractivity contribution >= 4 is 23.1 Å². The van der Waals surface area contributed by atoms with Crippen LogP contribution in [0.5, 0.6) is 0 Å². The summed E-state index contributed by atoms with van der Waals surface area (Å²) in [4.78, 5) is 2.06. The molecule has 0 aliphatic carbocycles. The van der Waals surface area contributed by atoms with Crippen LogP contribution in [0.4, 0.5) is 5.69 Å². The van der Waals surface area contributed by atoms with E-state index in [0.717, 1.165) is 5.69 Å². The Morgan fingerprint density at radius 3 is 2.68 bits per heavy atom. The number of aliphatic hydroxyl groups is 1. The van der Waals surface area contributed by atoms with E-state index in [1.54, 1.807) is 6.07 Å². The minimum atomic E-state index is -0.0183. The molecule has 0 radical (unpaired) electrons. The van der Waals surface area contributed by atoms with Crippen LogP contribution in [0.2, 0.25) is 5.02 Å². The Morgan fingerprint density at radius 2 is 2.16 bits per heavy atom. The summed E-state index contributed by atoms with van der Waals surface area (Å²) in [7, 11) is 0. The third-order valence-electron chi connectivity index (χ3n) is 2.85. The number of rotatable bonds is 6. The number of amidine groups is 1. The van der Waals surface area contributed by atoms with E-state index >= 15 is 0 Å². The Kier molecular flexibility index (Phi) is 5.92. The summed E-state index contributed by atoms with van der Waals surface area (Å²) in [5.41, 5.74) is 7.01. The van der Waals surface area contributed by atoms with E-state index in [1.807, 2.05) is 26.0 Å². The number of nitrogens with two attached hydrogens (primary N) is 1. The van der Waals surface area contributed by atoms with Crippen molar-refractivity contribution < 1.29 is 10.3 Å². The third kappa shape index (κ3) is 3.75. The fourth-order valence-corrected chi connectivity index (χ4v) is 2.22. The summed E-state index contributed by atoms with van der Waals surface area (Å²) in [5, 5.41) is 21.3. The van der Waals surface area contributed by atoms with Gasteiger partial charge in [-0.25, -0.2) is 0 Å². The van der Waals surface area contributed by atoms with Gasteiger partial charge in [0.1, 0.15) is 0 Å². The lowest BCUT2D eigenvalue weighted by Gasteiger charge is -2.31. The lowest BCUT2D eigenvalue weighted by molar-refractivity contribution is 0.288. The number of hydrogen-bond donors (Lipinski definition) is 3. The van der Waals surface area contributed by atoms with E-state index in [4.69, 9.17) is 27.6 Å². The highest BCUT2D eigenvalue weighted by Crippen LogP contribution is 2.28. The molecule has 0 saturated carbocycles. The summed E-state index contributed by atoms with van der Waals surface area (Å²) < 4.78 is 0. The van der Waals surface area contributed by atoms with Crippen LogP contribution < -0.4 is 10.6 Å². The highest BCUT2D eigenvalue weighted by molar-refractivity contribution is 6.34.